The number of pyridine rings is 1. The quantitative estimate of drug-likeness (QED) is 0.827. The lowest BCUT2D eigenvalue weighted by molar-refractivity contribution is -0.130. The fourth-order valence-corrected chi connectivity index (χ4v) is 2.06. The van der Waals surface area contributed by atoms with E-state index in [9.17, 15) is 14.4 Å². The van der Waals surface area contributed by atoms with Gasteiger partial charge in [-0.05, 0) is 12.1 Å². The fourth-order valence-electron chi connectivity index (χ4n) is 2.06. The molecule has 0 atom stereocenters. The van der Waals surface area contributed by atoms with Gasteiger partial charge in [-0.1, -0.05) is 6.07 Å². The molecule has 0 aliphatic carbocycles. The molecule has 0 spiro atoms. The van der Waals surface area contributed by atoms with E-state index in [4.69, 9.17) is 5.11 Å². The highest BCUT2D eigenvalue weighted by molar-refractivity contribution is 5.94. The molecule has 1 aliphatic rings. The van der Waals surface area contributed by atoms with Gasteiger partial charge in [0.1, 0.15) is 11.4 Å². The molecule has 1 fully saturated rings. The van der Waals surface area contributed by atoms with Crippen molar-refractivity contribution in [2.24, 2.45) is 0 Å². The van der Waals surface area contributed by atoms with Gasteiger partial charge >= 0.3 is 5.97 Å². The number of carbonyl (C=O) groups excluding carboxylic acids is 2. The molecule has 1 aromatic heterocycles. The van der Waals surface area contributed by atoms with Gasteiger partial charge in [0.15, 0.2) is 0 Å². The van der Waals surface area contributed by atoms with Gasteiger partial charge in [-0.25, -0.2) is 9.78 Å². The van der Waals surface area contributed by atoms with E-state index in [-0.39, 0.29) is 23.2 Å². The van der Waals surface area contributed by atoms with Crippen LogP contribution in [0.3, 0.4) is 0 Å². The van der Waals surface area contributed by atoms with Crippen molar-refractivity contribution in [3.63, 3.8) is 0 Å². The Bertz CT molecular complexity index is 550. The molecule has 2 amide bonds. The minimum atomic E-state index is -1.17. The Morgan fingerprint density at radius 2 is 1.60 bits per heavy atom. The van der Waals surface area contributed by atoms with Gasteiger partial charge in [0.25, 0.3) is 5.91 Å². The Morgan fingerprint density at radius 3 is 2.15 bits per heavy atom. The summed E-state index contributed by atoms with van der Waals surface area (Å²) in [7, 11) is 0. The number of amides is 2. The zero-order valence-corrected chi connectivity index (χ0v) is 11.1. The number of nitrogens with zero attached hydrogens (tertiary/aromatic N) is 3. The van der Waals surface area contributed by atoms with Crippen molar-refractivity contribution >= 4 is 17.8 Å². The summed E-state index contributed by atoms with van der Waals surface area (Å²) in [6, 6.07) is 4.33. The van der Waals surface area contributed by atoms with Crippen LogP contribution in [0.1, 0.15) is 27.9 Å². The van der Waals surface area contributed by atoms with Crippen molar-refractivity contribution < 1.29 is 19.5 Å². The van der Waals surface area contributed by atoms with Crippen molar-refractivity contribution in [2.45, 2.75) is 6.92 Å². The number of aromatic carboxylic acids is 1. The van der Waals surface area contributed by atoms with E-state index < -0.39 is 5.97 Å². The second-order valence-electron chi connectivity index (χ2n) is 4.51. The molecular weight excluding hydrogens is 262 g/mol. The predicted molar refractivity (Wildman–Crippen MR) is 69.4 cm³/mol. The first-order chi connectivity index (χ1) is 9.49. The summed E-state index contributed by atoms with van der Waals surface area (Å²) in [6.07, 6.45) is 0. The topological polar surface area (TPSA) is 90.8 Å². The maximum atomic E-state index is 12.2. The molecule has 0 unspecified atom stereocenters. The number of hydrogen-bond donors (Lipinski definition) is 1. The largest absolute Gasteiger partial charge is 0.477 e. The Balaban J connectivity index is 2.07. The Kier molecular flexibility index (Phi) is 3.97. The van der Waals surface area contributed by atoms with E-state index in [1.165, 1.54) is 25.1 Å². The van der Waals surface area contributed by atoms with E-state index in [1.807, 2.05) is 0 Å². The summed E-state index contributed by atoms with van der Waals surface area (Å²) in [5.74, 6) is -1.49. The van der Waals surface area contributed by atoms with Gasteiger partial charge in [-0.15, -0.1) is 0 Å². The van der Waals surface area contributed by atoms with Crippen molar-refractivity contribution in [2.75, 3.05) is 26.2 Å². The summed E-state index contributed by atoms with van der Waals surface area (Å²) in [5, 5.41) is 8.87. The van der Waals surface area contributed by atoms with Gasteiger partial charge in [0.2, 0.25) is 5.91 Å². The van der Waals surface area contributed by atoms with Crippen molar-refractivity contribution in [1.82, 2.24) is 14.8 Å². The molecule has 0 bridgehead atoms. The highest BCUT2D eigenvalue weighted by atomic mass is 16.4. The lowest BCUT2D eigenvalue weighted by atomic mass is 10.2. The molecule has 7 nitrogen and oxygen atoms in total. The number of hydrogen-bond acceptors (Lipinski definition) is 4. The first-order valence-corrected chi connectivity index (χ1v) is 6.24. The summed E-state index contributed by atoms with van der Waals surface area (Å²) in [6.45, 7) is 3.32. The zero-order valence-electron chi connectivity index (χ0n) is 11.1. The molecule has 0 saturated carbocycles. The normalized spacial score (nSPS) is 15.1. The lowest BCUT2D eigenvalue weighted by Crippen LogP contribution is -2.50. The third-order valence-electron chi connectivity index (χ3n) is 3.20. The molecular formula is C13H15N3O4. The monoisotopic (exact) mass is 277 g/mol. The molecule has 0 aromatic carbocycles. The van der Waals surface area contributed by atoms with Crippen LogP contribution in [0.4, 0.5) is 0 Å². The van der Waals surface area contributed by atoms with Crippen molar-refractivity contribution in [3.05, 3.63) is 29.6 Å². The molecule has 1 saturated heterocycles. The van der Waals surface area contributed by atoms with E-state index in [2.05, 4.69) is 4.98 Å². The molecule has 20 heavy (non-hydrogen) atoms. The highest BCUT2D eigenvalue weighted by Crippen LogP contribution is 2.08. The molecule has 106 valence electrons. The van der Waals surface area contributed by atoms with Crippen LogP contribution in [0.25, 0.3) is 0 Å². The van der Waals surface area contributed by atoms with Crippen LogP contribution in [-0.2, 0) is 4.79 Å². The first kappa shape index (κ1) is 14.0. The molecule has 1 aromatic rings. The fraction of sp³-hybridized carbons (Fsp3) is 0.385. The average molecular weight is 277 g/mol. The minimum Gasteiger partial charge on any atom is -0.477 e. The summed E-state index contributed by atoms with van der Waals surface area (Å²) in [4.78, 5) is 41.3. The molecule has 2 heterocycles. The summed E-state index contributed by atoms with van der Waals surface area (Å²) in [5.41, 5.74) is -0.0422. The maximum Gasteiger partial charge on any atom is 0.354 e. The van der Waals surface area contributed by atoms with Gasteiger partial charge in [-0.3, -0.25) is 9.59 Å². The van der Waals surface area contributed by atoms with Crippen LogP contribution >= 0.6 is 0 Å². The van der Waals surface area contributed by atoms with Crippen LogP contribution in [0, 0.1) is 0 Å². The Labute approximate surface area is 115 Å². The van der Waals surface area contributed by atoms with Crippen LogP contribution in [0.2, 0.25) is 0 Å². The van der Waals surface area contributed by atoms with Gasteiger partial charge in [0, 0.05) is 33.1 Å². The molecule has 2 rings (SSSR count). The summed E-state index contributed by atoms with van der Waals surface area (Å²) >= 11 is 0. The van der Waals surface area contributed by atoms with Crippen LogP contribution in [-0.4, -0.2) is 63.9 Å². The second kappa shape index (κ2) is 5.68. The van der Waals surface area contributed by atoms with E-state index >= 15 is 0 Å². The van der Waals surface area contributed by atoms with Crippen molar-refractivity contribution in [1.29, 1.82) is 0 Å². The average Bonchev–Trinajstić information content (AvgIpc) is 2.46. The number of carbonyl (C=O) groups is 3. The maximum absolute atomic E-state index is 12.2. The zero-order chi connectivity index (χ0) is 14.7. The number of rotatable bonds is 2. The van der Waals surface area contributed by atoms with Gasteiger partial charge < -0.3 is 14.9 Å². The number of piperazine rings is 1. The van der Waals surface area contributed by atoms with E-state index in [0.717, 1.165) is 0 Å². The molecule has 1 aliphatic heterocycles. The van der Waals surface area contributed by atoms with Crippen LogP contribution in [0.15, 0.2) is 18.2 Å². The predicted octanol–water partition coefficient (Wildman–Crippen LogP) is 0.0841. The van der Waals surface area contributed by atoms with Crippen LogP contribution < -0.4 is 0 Å². The number of carboxylic acid groups (broad SMARTS) is 1. The molecule has 1 N–H and O–H groups in total. The highest BCUT2D eigenvalue weighted by Gasteiger charge is 2.24. The number of carboxylic acids is 1. The van der Waals surface area contributed by atoms with E-state index in [0.29, 0.717) is 26.2 Å². The molecule has 0 radical (unpaired) electrons. The standard InChI is InChI=1S/C13H15N3O4/c1-9(17)15-5-7-16(8-6-15)12(18)10-3-2-4-11(14-10)13(19)20/h2-4H,5-8H2,1H3,(H,19,20). The molecule has 7 heteroatoms. The second-order valence-corrected chi connectivity index (χ2v) is 4.51. The minimum absolute atomic E-state index is 0.0110. The summed E-state index contributed by atoms with van der Waals surface area (Å²) < 4.78 is 0. The first-order valence-electron chi connectivity index (χ1n) is 6.24. The van der Waals surface area contributed by atoms with E-state index in [1.54, 1.807) is 9.80 Å². The Hall–Kier alpha value is -2.44. The number of aromatic nitrogens is 1. The third kappa shape index (κ3) is 2.93. The van der Waals surface area contributed by atoms with Crippen LogP contribution in [0.5, 0.6) is 0 Å². The van der Waals surface area contributed by atoms with Gasteiger partial charge in [-0.2, -0.15) is 0 Å². The Morgan fingerprint density at radius 1 is 1.05 bits per heavy atom. The van der Waals surface area contributed by atoms with Crippen molar-refractivity contribution in [3.8, 4) is 0 Å². The lowest BCUT2D eigenvalue weighted by Gasteiger charge is -2.34. The third-order valence-corrected chi connectivity index (χ3v) is 3.20. The smallest absolute Gasteiger partial charge is 0.354 e. The van der Waals surface area contributed by atoms with Gasteiger partial charge in [0.05, 0.1) is 0 Å². The SMILES string of the molecule is CC(=O)N1CCN(C(=O)c2cccc(C(=O)O)n2)CC1.